The number of amides is 2. The summed E-state index contributed by atoms with van der Waals surface area (Å²) in [5.74, 6) is -0.665. The number of hydrogen-bond acceptors (Lipinski definition) is 5. The molecule has 0 saturated heterocycles. The highest BCUT2D eigenvalue weighted by molar-refractivity contribution is 5.76. The van der Waals surface area contributed by atoms with Gasteiger partial charge in [-0.2, -0.15) is 4.98 Å². The largest absolute Gasteiger partial charge is 0.481 e. The van der Waals surface area contributed by atoms with Crippen LogP contribution in [0, 0.1) is 0 Å². The number of nitrogens with one attached hydrogen (secondary N) is 2. The number of aromatic nitrogens is 2. The third kappa shape index (κ3) is 4.60. The number of aliphatic carboxylic acids is 1. The second-order valence-electron chi connectivity index (χ2n) is 4.24. The van der Waals surface area contributed by atoms with Crippen molar-refractivity contribution in [2.24, 2.45) is 0 Å². The van der Waals surface area contributed by atoms with Crippen molar-refractivity contribution in [1.82, 2.24) is 20.8 Å². The van der Waals surface area contributed by atoms with Gasteiger partial charge in [0.05, 0.1) is 19.0 Å². The maximum Gasteiger partial charge on any atom is 0.315 e. The molecular formula is C13H14N4O4. The highest BCUT2D eigenvalue weighted by atomic mass is 16.5. The molecule has 8 heteroatoms. The summed E-state index contributed by atoms with van der Waals surface area (Å²) in [6, 6.07) is 7.77. The van der Waals surface area contributed by atoms with Gasteiger partial charge in [0, 0.05) is 0 Å². The van der Waals surface area contributed by atoms with E-state index in [-0.39, 0.29) is 13.0 Å². The van der Waals surface area contributed by atoms with Crippen LogP contribution in [-0.2, 0) is 11.3 Å². The number of carbonyl (C=O) groups is 2. The summed E-state index contributed by atoms with van der Waals surface area (Å²) < 4.78 is 4.54. The number of carboxylic acids is 1. The maximum atomic E-state index is 11.8. The first-order chi connectivity index (χ1) is 10.1. The van der Waals surface area contributed by atoms with Crippen molar-refractivity contribution in [3.05, 3.63) is 48.1 Å². The van der Waals surface area contributed by atoms with E-state index < -0.39 is 18.0 Å². The molecule has 0 fully saturated rings. The lowest BCUT2D eigenvalue weighted by molar-refractivity contribution is -0.137. The van der Waals surface area contributed by atoms with Crippen LogP contribution in [-0.4, -0.2) is 27.2 Å². The molecular weight excluding hydrogens is 276 g/mol. The molecule has 8 nitrogen and oxygen atoms in total. The molecule has 110 valence electrons. The summed E-state index contributed by atoms with van der Waals surface area (Å²) in [6.45, 7) is 0.0942. The van der Waals surface area contributed by atoms with Crippen LogP contribution in [0.1, 0.15) is 23.9 Å². The first-order valence-corrected chi connectivity index (χ1v) is 6.21. The molecule has 0 aliphatic rings. The molecule has 2 amide bonds. The summed E-state index contributed by atoms with van der Waals surface area (Å²) in [5, 5.41) is 17.6. The third-order valence-electron chi connectivity index (χ3n) is 2.70. The van der Waals surface area contributed by atoms with Crippen molar-refractivity contribution in [1.29, 1.82) is 0 Å². The number of urea groups is 1. The standard InChI is InChI=1S/C13H14N4O4/c18-12(19)6-10(9-4-2-1-3-5-9)16-13(20)14-7-11-15-8-21-17-11/h1-5,8,10H,6-7H2,(H,18,19)(H2,14,16,20). The van der Waals surface area contributed by atoms with Crippen LogP contribution < -0.4 is 10.6 Å². The van der Waals surface area contributed by atoms with E-state index in [4.69, 9.17) is 5.11 Å². The molecule has 1 atom stereocenters. The van der Waals surface area contributed by atoms with Crippen molar-refractivity contribution >= 4 is 12.0 Å². The zero-order valence-corrected chi connectivity index (χ0v) is 11.0. The zero-order valence-electron chi connectivity index (χ0n) is 11.0. The van der Waals surface area contributed by atoms with E-state index in [0.717, 1.165) is 12.0 Å². The van der Waals surface area contributed by atoms with Crippen molar-refractivity contribution in [3.63, 3.8) is 0 Å². The summed E-state index contributed by atoms with van der Waals surface area (Å²) in [4.78, 5) is 26.5. The average molecular weight is 290 g/mol. The Morgan fingerprint density at radius 3 is 2.67 bits per heavy atom. The molecule has 0 saturated carbocycles. The Balaban J connectivity index is 1.94. The van der Waals surface area contributed by atoms with E-state index in [1.54, 1.807) is 24.3 Å². The smallest absolute Gasteiger partial charge is 0.315 e. The Kier molecular flexibility index (Phi) is 4.86. The van der Waals surface area contributed by atoms with Crippen LogP contribution in [0.2, 0.25) is 0 Å². The van der Waals surface area contributed by atoms with E-state index >= 15 is 0 Å². The second-order valence-corrected chi connectivity index (χ2v) is 4.24. The third-order valence-corrected chi connectivity index (χ3v) is 2.70. The Morgan fingerprint density at radius 2 is 2.05 bits per heavy atom. The average Bonchev–Trinajstić information content (AvgIpc) is 2.98. The normalized spacial score (nSPS) is 11.6. The number of hydrogen-bond donors (Lipinski definition) is 3. The Morgan fingerprint density at radius 1 is 1.29 bits per heavy atom. The Bertz CT molecular complexity index is 585. The quantitative estimate of drug-likeness (QED) is 0.733. The van der Waals surface area contributed by atoms with Crippen molar-refractivity contribution < 1.29 is 19.2 Å². The molecule has 1 unspecified atom stereocenters. The zero-order chi connectivity index (χ0) is 15.1. The minimum atomic E-state index is -0.998. The maximum absolute atomic E-state index is 11.8. The molecule has 0 radical (unpaired) electrons. The molecule has 0 aliphatic heterocycles. The van der Waals surface area contributed by atoms with Gasteiger partial charge in [0.1, 0.15) is 0 Å². The van der Waals surface area contributed by atoms with E-state index in [9.17, 15) is 9.59 Å². The SMILES string of the molecule is O=C(O)CC(NC(=O)NCc1ncon1)c1ccccc1. The Labute approximate surface area is 120 Å². The molecule has 1 aromatic heterocycles. The molecule has 3 N–H and O–H groups in total. The second kappa shape index (κ2) is 7.04. The van der Waals surface area contributed by atoms with Gasteiger partial charge in [-0.25, -0.2) is 4.79 Å². The summed E-state index contributed by atoms with van der Waals surface area (Å²) in [6.07, 6.45) is 0.950. The molecule has 1 aromatic carbocycles. The van der Waals surface area contributed by atoms with Crippen molar-refractivity contribution in [3.8, 4) is 0 Å². The van der Waals surface area contributed by atoms with Gasteiger partial charge in [0.15, 0.2) is 5.82 Å². The summed E-state index contributed by atoms with van der Waals surface area (Å²) >= 11 is 0. The number of carbonyl (C=O) groups excluding carboxylic acids is 1. The number of carboxylic acid groups (broad SMARTS) is 1. The van der Waals surface area contributed by atoms with Gasteiger partial charge >= 0.3 is 12.0 Å². The Hall–Kier alpha value is -2.90. The van der Waals surface area contributed by atoms with Crippen molar-refractivity contribution in [2.45, 2.75) is 19.0 Å². The van der Waals surface area contributed by atoms with Gasteiger partial charge in [-0.3, -0.25) is 4.79 Å². The first-order valence-electron chi connectivity index (χ1n) is 6.21. The fourth-order valence-corrected chi connectivity index (χ4v) is 1.75. The predicted molar refractivity (Wildman–Crippen MR) is 71.1 cm³/mol. The van der Waals surface area contributed by atoms with E-state index in [2.05, 4.69) is 25.3 Å². The van der Waals surface area contributed by atoms with E-state index in [1.165, 1.54) is 0 Å². The number of rotatable bonds is 6. The molecule has 21 heavy (non-hydrogen) atoms. The lowest BCUT2D eigenvalue weighted by atomic mass is 10.0. The molecule has 2 aromatic rings. The molecule has 0 bridgehead atoms. The summed E-state index contributed by atoms with van der Waals surface area (Å²) in [7, 11) is 0. The lowest BCUT2D eigenvalue weighted by Gasteiger charge is -2.17. The van der Waals surface area contributed by atoms with Gasteiger partial charge in [0.2, 0.25) is 6.39 Å². The van der Waals surface area contributed by atoms with Gasteiger partial charge in [-0.05, 0) is 5.56 Å². The van der Waals surface area contributed by atoms with Crippen molar-refractivity contribution in [2.75, 3.05) is 0 Å². The fourth-order valence-electron chi connectivity index (χ4n) is 1.75. The fraction of sp³-hybridized carbons (Fsp3) is 0.231. The van der Waals surface area contributed by atoms with Gasteiger partial charge in [0.25, 0.3) is 0 Å². The van der Waals surface area contributed by atoms with Crippen LogP contribution in [0.3, 0.4) is 0 Å². The lowest BCUT2D eigenvalue weighted by Crippen LogP contribution is -2.38. The van der Waals surface area contributed by atoms with E-state index in [1.807, 2.05) is 6.07 Å². The van der Waals surface area contributed by atoms with Crippen LogP contribution in [0.5, 0.6) is 0 Å². The minimum absolute atomic E-state index is 0.0942. The van der Waals surface area contributed by atoms with Gasteiger partial charge < -0.3 is 20.3 Å². The highest BCUT2D eigenvalue weighted by Crippen LogP contribution is 2.16. The number of benzene rings is 1. The number of nitrogens with zero attached hydrogens (tertiary/aromatic N) is 2. The van der Waals surface area contributed by atoms with Crippen LogP contribution >= 0.6 is 0 Å². The van der Waals surface area contributed by atoms with Crippen LogP contribution in [0.4, 0.5) is 4.79 Å². The predicted octanol–water partition coefficient (Wildman–Crippen LogP) is 1.08. The first kappa shape index (κ1) is 14.5. The topological polar surface area (TPSA) is 117 Å². The monoisotopic (exact) mass is 290 g/mol. The molecule has 0 spiro atoms. The van der Waals surface area contributed by atoms with Gasteiger partial charge in [-0.15, -0.1) is 0 Å². The van der Waals surface area contributed by atoms with Crippen LogP contribution in [0.15, 0.2) is 41.2 Å². The van der Waals surface area contributed by atoms with Gasteiger partial charge in [-0.1, -0.05) is 35.5 Å². The van der Waals surface area contributed by atoms with Crippen LogP contribution in [0.25, 0.3) is 0 Å². The molecule has 2 rings (SSSR count). The van der Waals surface area contributed by atoms with E-state index in [0.29, 0.717) is 5.82 Å². The molecule has 1 heterocycles. The summed E-state index contributed by atoms with van der Waals surface area (Å²) in [5.41, 5.74) is 0.717. The molecule has 0 aliphatic carbocycles. The highest BCUT2D eigenvalue weighted by Gasteiger charge is 2.17. The minimum Gasteiger partial charge on any atom is -0.481 e.